The van der Waals surface area contributed by atoms with Gasteiger partial charge < -0.3 is 19.7 Å². The fraction of sp³-hybridized carbons (Fsp3) is 0.185. The second kappa shape index (κ2) is 21.3. The summed E-state index contributed by atoms with van der Waals surface area (Å²) in [5.74, 6) is 1.54. The molecule has 0 aliphatic heterocycles. The minimum atomic E-state index is -0.116. The van der Waals surface area contributed by atoms with Crippen LogP contribution in [0, 0.1) is 13.8 Å². The van der Waals surface area contributed by atoms with Gasteiger partial charge in [0.05, 0.1) is 0 Å². The number of aromatic hydroxyl groups is 2. The number of para-hydroxylation sites is 2. The van der Waals surface area contributed by atoms with E-state index in [0.717, 1.165) is 44.5 Å². The maximum atomic E-state index is 11.3. The van der Waals surface area contributed by atoms with Crippen molar-refractivity contribution in [3.8, 4) is 45.3 Å². The average Bonchev–Trinajstić information content (AvgIpc) is 3.21. The fourth-order valence-corrected chi connectivity index (χ4v) is 6.11. The van der Waals surface area contributed by atoms with E-state index in [2.05, 4.69) is 67.5 Å². The predicted molar refractivity (Wildman–Crippen MR) is 241 cm³/mol. The summed E-state index contributed by atoms with van der Waals surface area (Å²) in [6, 6.07) is 55.3. The smallest absolute Gasteiger partial charge is 0.507 e. The van der Waals surface area contributed by atoms with E-state index in [4.69, 9.17) is 9.47 Å². The Balaban J connectivity index is 0.000000430. The van der Waals surface area contributed by atoms with E-state index in [0.29, 0.717) is 22.6 Å². The molecule has 0 saturated carbocycles. The van der Waals surface area contributed by atoms with Gasteiger partial charge in [-0.05, 0) is 69.5 Å². The van der Waals surface area contributed by atoms with Gasteiger partial charge in [0, 0.05) is 22.3 Å². The van der Waals surface area contributed by atoms with E-state index in [1.807, 2.05) is 158 Å². The Bertz CT molecular complexity index is 2160. The molecule has 0 spiro atoms. The van der Waals surface area contributed by atoms with Gasteiger partial charge >= 0.3 is 21.7 Å². The van der Waals surface area contributed by atoms with Crippen molar-refractivity contribution < 1.29 is 41.4 Å². The third-order valence-corrected chi connectivity index (χ3v) is 9.58. The molecule has 5 heteroatoms. The van der Waals surface area contributed by atoms with Crippen LogP contribution in [-0.4, -0.2) is 10.2 Å². The molecule has 0 bridgehead atoms. The summed E-state index contributed by atoms with van der Waals surface area (Å²) in [5.41, 5.74) is 9.01. The van der Waals surface area contributed by atoms with Crippen LogP contribution in [0.5, 0.6) is 23.0 Å². The van der Waals surface area contributed by atoms with Crippen molar-refractivity contribution >= 4 is 0 Å². The topological polar surface area (TPSA) is 58.9 Å². The van der Waals surface area contributed by atoms with Crippen LogP contribution in [0.15, 0.2) is 170 Å². The van der Waals surface area contributed by atoms with Gasteiger partial charge in [-0.2, -0.15) is 49.2 Å². The molecule has 0 heterocycles. The van der Waals surface area contributed by atoms with Crippen LogP contribution < -0.4 is 9.47 Å². The van der Waals surface area contributed by atoms with Gasteiger partial charge in [0.15, 0.2) is 11.5 Å². The molecule has 0 unspecified atom stereocenters. The van der Waals surface area contributed by atoms with Crippen LogP contribution >= 0.6 is 0 Å². The van der Waals surface area contributed by atoms with Gasteiger partial charge in [-0.15, -0.1) is 24.3 Å². The fourth-order valence-electron chi connectivity index (χ4n) is 6.11. The summed E-state index contributed by atoms with van der Waals surface area (Å²) in [7, 11) is 0. The van der Waals surface area contributed by atoms with E-state index in [9.17, 15) is 10.2 Å². The standard InChI is InChI=1S/C40H42O4.2C7H7.Ti/c1-39(2,3)31-21-29(37(41)33(23-31)27-15-9-7-10-16-27)25-43-35-19-13-14-20-36(35)44-26-30-22-32(40(4,5)6)24-34(38(30)42)28-17-11-8-12-18-28;2*1-7-5-3-2-4-6-7;/h7-24,41-42H,25-26H2,1-6H3;2*2-6H,1H2;/q;2*-1;+2. The molecule has 0 aromatic heterocycles. The van der Waals surface area contributed by atoms with Crippen LogP contribution in [0.25, 0.3) is 22.3 Å². The van der Waals surface area contributed by atoms with Crippen molar-refractivity contribution in [2.45, 2.75) is 65.6 Å². The van der Waals surface area contributed by atoms with Crippen molar-refractivity contribution in [2.75, 3.05) is 0 Å². The average molecular weight is 817 g/mol. The molecule has 0 aliphatic carbocycles. The molecule has 0 aliphatic rings. The quantitative estimate of drug-likeness (QED) is 0.118. The number of hydrogen-bond donors (Lipinski definition) is 2. The van der Waals surface area contributed by atoms with Gasteiger partial charge in [-0.1, -0.05) is 126 Å². The zero-order valence-corrected chi connectivity index (χ0v) is 36.8. The van der Waals surface area contributed by atoms with Crippen LogP contribution in [0.2, 0.25) is 0 Å². The normalized spacial score (nSPS) is 10.8. The van der Waals surface area contributed by atoms with E-state index in [1.54, 1.807) is 0 Å². The summed E-state index contributed by atoms with van der Waals surface area (Å²) in [6.07, 6.45) is 0. The molecule has 4 nitrogen and oxygen atoms in total. The molecule has 0 radical (unpaired) electrons. The Kier molecular flexibility index (Phi) is 16.5. The minimum absolute atomic E-state index is 0. The third kappa shape index (κ3) is 13.4. The van der Waals surface area contributed by atoms with Crippen LogP contribution in [0.1, 0.15) is 74.9 Å². The summed E-state index contributed by atoms with van der Waals surface area (Å²) in [4.78, 5) is 0. The molecular formula is C54H56O4Ti. The van der Waals surface area contributed by atoms with E-state index in [-0.39, 0.29) is 57.3 Å². The van der Waals surface area contributed by atoms with Crippen molar-refractivity contribution in [3.05, 3.63) is 217 Å². The second-order valence-corrected chi connectivity index (χ2v) is 16.3. The number of benzene rings is 7. The Morgan fingerprint density at radius 1 is 0.424 bits per heavy atom. The molecule has 7 rings (SSSR count). The van der Waals surface area contributed by atoms with Crippen LogP contribution in [0.3, 0.4) is 0 Å². The van der Waals surface area contributed by atoms with Crippen molar-refractivity contribution in [3.63, 3.8) is 0 Å². The van der Waals surface area contributed by atoms with Crippen LogP contribution in [-0.2, 0) is 45.8 Å². The molecule has 7 aromatic rings. The van der Waals surface area contributed by atoms with Crippen molar-refractivity contribution in [1.82, 2.24) is 0 Å². The zero-order valence-electron chi connectivity index (χ0n) is 35.2. The van der Waals surface area contributed by atoms with Crippen molar-refractivity contribution in [1.29, 1.82) is 0 Å². The maximum absolute atomic E-state index is 11.3. The summed E-state index contributed by atoms with van der Waals surface area (Å²) < 4.78 is 12.6. The summed E-state index contributed by atoms with van der Waals surface area (Å²) in [6.45, 7) is 20.7. The number of phenols is 2. The molecular weight excluding hydrogens is 760 g/mol. The predicted octanol–water partition coefficient (Wildman–Crippen LogP) is 13.9. The molecule has 2 N–H and O–H groups in total. The Morgan fingerprint density at radius 3 is 0.983 bits per heavy atom. The molecule has 300 valence electrons. The maximum Gasteiger partial charge on any atom is 2.00 e. The Labute approximate surface area is 367 Å². The molecule has 0 fully saturated rings. The van der Waals surface area contributed by atoms with Gasteiger partial charge in [-0.3, -0.25) is 0 Å². The Hall–Kier alpha value is -5.81. The first kappa shape index (κ1) is 45.9. The second-order valence-electron chi connectivity index (χ2n) is 16.3. The zero-order chi connectivity index (χ0) is 41.7. The number of hydrogen-bond acceptors (Lipinski definition) is 4. The molecule has 0 atom stereocenters. The molecule has 7 aromatic carbocycles. The Morgan fingerprint density at radius 2 is 0.712 bits per heavy atom. The first-order valence-electron chi connectivity index (χ1n) is 19.6. The summed E-state index contributed by atoms with van der Waals surface area (Å²) in [5, 5.41) is 22.7. The molecule has 59 heavy (non-hydrogen) atoms. The first-order chi connectivity index (χ1) is 27.7. The first-order valence-corrected chi connectivity index (χ1v) is 19.6. The number of rotatable bonds is 8. The van der Waals surface area contributed by atoms with E-state index >= 15 is 0 Å². The molecule has 0 saturated heterocycles. The number of phenolic OH excluding ortho intramolecular Hbond substituents is 2. The summed E-state index contributed by atoms with van der Waals surface area (Å²) >= 11 is 0. The van der Waals surface area contributed by atoms with Crippen LogP contribution in [0.4, 0.5) is 0 Å². The van der Waals surface area contributed by atoms with E-state index in [1.165, 1.54) is 0 Å². The van der Waals surface area contributed by atoms with E-state index < -0.39 is 0 Å². The van der Waals surface area contributed by atoms with Gasteiger partial charge in [0.1, 0.15) is 24.7 Å². The monoisotopic (exact) mass is 816 g/mol. The van der Waals surface area contributed by atoms with Gasteiger partial charge in [0.2, 0.25) is 0 Å². The minimum Gasteiger partial charge on any atom is -0.507 e. The largest absolute Gasteiger partial charge is 2.00 e. The molecule has 0 amide bonds. The SMILES string of the molecule is CC(C)(C)c1cc(COc2ccccc2OCc2cc(C(C)(C)C)cc(-c3ccccc3)c2O)c(O)c(-c2ccccc2)c1.[CH2-]c1ccccc1.[CH2-]c1ccccc1.[Ti+2]. The van der Waals surface area contributed by atoms with Crippen molar-refractivity contribution in [2.24, 2.45) is 0 Å². The third-order valence-electron chi connectivity index (χ3n) is 9.58. The van der Waals surface area contributed by atoms with Gasteiger partial charge in [0.25, 0.3) is 0 Å². The van der Waals surface area contributed by atoms with Gasteiger partial charge in [-0.25, -0.2) is 0 Å². The number of ether oxygens (including phenoxy) is 2.